The Labute approximate surface area is 70.3 Å². The molecule has 1 heterocycles. The van der Waals surface area contributed by atoms with Gasteiger partial charge >= 0.3 is 0 Å². The lowest BCUT2D eigenvalue weighted by molar-refractivity contribution is 0.281. The number of nitrogens with one attached hydrogen (secondary N) is 1. The van der Waals surface area contributed by atoms with Crippen LogP contribution in [-0.4, -0.2) is 22.7 Å². The van der Waals surface area contributed by atoms with Crippen molar-refractivity contribution >= 4 is 5.69 Å². The third-order valence-corrected chi connectivity index (χ3v) is 1.45. The van der Waals surface area contributed by atoms with Crippen LogP contribution in [0.1, 0.15) is 6.92 Å². The number of nitrogens with zero attached hydrogens (tertiary/aromatic N) is 1. The summed E-state index contributed by atoms with van der Waals surface area (Å²) in [6, 6.07) is 1.38. The summed E-state index contributed by atoms with van der Waals surface area (Å²) < 4.78 is 12.9. The monoisotopic (exact) mass is 170 g/mol. The molecule has 0 fully saturated rings. The molecule has 1 unspecified atom stereocenters. The van der Waals surface area contributed by atoms with Crippen LogP contribution in [0, 0.1) is 5.82 Å². The van der Waals surface area contributed by atoms with Gasteiger partial charge in [0.1, 0.15) is 0 Å². The van der Waals surface area contributed by atoms with E-state index in [9.17, 15) is 4.39 Å². The van der Waals surface area contributed by atoms with Crippen LogP contribution in [-0.2, 0) is 0 Å². The predicted molar refractivity (Wildman–Crippen MR) is 44.4 cm³/mol. The number of aliphatic hydroxyl groups is 1. The molecule has 0 saturated heterocycles. The molecule has 0 radical (unpaired) electrons. The molecule has 0 aliphatic rings. The largest absolute Gasteiger partial charge is 0.394 e. The molecule has 0 aromatic carbocycles. The van der Waals surface area contributed by atoms with E-state index in [1.807, 2.05) is 0 Å². The Morgan fingerprint density at radius 2 is 2.50 bits per heavy atom. The molecular weight excluding hydrogens is 159 g/mol. The topological polar surface area (TPSA) is 45.1 Å². The van der Waals surface area contributed by atoms with Crippen molar-refractivity contribution in [3.8, 4) is 0 Å². The van der Waals surface area contributed by atoms with E-state index in [4.69, 9.17) is 5.11 Å². The van der Waals surface area contributed by atoms with E-state index in [2.05, 4.69) is 10.3 Å². The zero-order valence-corrected chi connectivity index (χ0v) is 6.79. The zero-order valence-electron chi connectivity index (χ0n) is 6.79. The lowest BCUT2D eigenvalue weighted by Gasteiger charge is -2.11. The average molecular weight is 170 g/mol. The zero-order chi connectivity index (χ0) is 8.97. The van der Waals surface area contributed by atoms with Crippen molar-refractivity contribution in [1.29, 1.82) is 0 Å². The van der Waals surface area contributed by atoms with Crippen molar-refractivity contribution in [3.05, 3.63) is 24.3 Å². The van der Waals surface area contributed by atoms with Gasteiger partial charge in [0.05, 0.1) is 18.5 Å². The highest BCUT2D eigenvalue weighted by atomic mass is 19.1. The van der Waals surface area contributed by atoms with Gasteiger partial charge in [-0.2, -0.15) is 0 Å². The van der Waals surface area contributed by atoms with Gasteiger partial charge in [0.2, 0.25) is 0 Å². The Balaban J connectivity index is 2.69. The van der Waals surface area contributed by atoms with E-state index in [0.29, 0.717) is 5.69 Å². The van der Waals surface area contributed by atoms with E-state index in [0.717, 1.165) is 6.20 Å². The minimum Gasteiger partial charge on any atom is -0.394 e. The van der Waals surface area contributed by atoms with Crippen molar-refractivity contribution in [2.24, 2.45) is 0 Å². The van der Waals surface area contributed by atoms with Crippen molar-refractivity contribution in [2.45, 2.75) is 13.0 Å². The van der Waals surface area contributed by atoms with Crippen LogP contribution in [0.15, 0.2) is 18.5 Å². The fraction of sp³-hybridized carbons (Fsp3) is 0.375. The van der Waals surface area contributed by atoms with Gasteiger partial charge in [-0.15, -0.1) is 0 Å². The molecule has 0 bridgehead atoms. The minimum atomic E-state index is -0.405. The SMILES string of the molecule is CC(CO)Nc1ccncc1F. The summed E-state index contributed by atoms with van der Waals surface area (Å²) in [4.78, 5) is 3.60. The molecule has 12 heavy (non-hydrogen) atoms. The first-order valence-electron chi connectivity index (χ1n) is 3.71. The average Bonchev–Trinajstić information content (AvgIpc) is 2.09. The minimum absolute atomic E-state index is 0.0260. The second-order valence-electron chi connectivity index (χ2n) is 2.58. The smallest absolute Gasteiger partial charge is 0.164 e. The van der Waals surface area contributed by atoms with E-state index in [1.54, 1.807) is 6.92 Å². The molecule has 3 nitrogen and oxygen atoms in total. The van der Waals surface area contributed by atoms with Gasteiger partial charge in [-0.05, 0) is 13.0 Å². The summed E-state index contributed by atoms with van der Waals surface area (Å²) in [6.45, 7) is 1.74. The fourth-order valence-electron chi connectivity index (χ4n) is 0.803. The van der Waals surface area contributed by atoms with Gasteiger partial charge in [0.25, 0.3) is 0 Å². The molecule has 2 N–H and O–H groups in total. The Hall–Kier alpha value is -1.16. The summed E-state index contributed by atoms with van der Waals surface area (Å²) >= 11 is 0. The number of aliphatic hydroxyl groups excluding tert-OH is 1. The van der Waals surface area contributed by atoms with Gasteiger partial charge in [0.15, 0.2) is 5.82 Å². The summed E-state index contributed by atoms with van der Waals surface area (Å²) in [6.07, 6.45) is 2.63. The molecule has 1 atom stereocenters. The van der Waals surface area contributed by atoms with E-state index < -0.39 is 5.82 Å². The number of aromatic nitrogens is 1. The normalized spacial score (nSPS) is 12.6. The van der Waals surface area contributed by atoms with Crippen molar-refractivity contribution < 1.29 is 9.50 Å². The van der Waals surface area contributed by atoms with Gasteiger partial charge in [-0.25, -0.2) is 4.39 Å². The number of hydrogen-bond acceptors (Lipinski definition) is 3. The molecule has 0 saturated carbocycles. The quantitative estimate of drug-likeness (QED) is 0.711. The lowest BCUT2D eigenvalue weighted by Crippen LogP contribution is -2.19. The van der Waals surface area contributed by atoms with E-state index in [1.165, 1.54) is 12.3 Å². The molecule has 4 heteroatoms. The van der Waals surface area contributed by atoms with Crippen LogP contribution in [0.25, 0.3) is 0 Å². The molecule has 0 aliphatic heterocycles. The molecule has 0 aliphatic carbocycles. The molecule has 1 aromatic heterocycles. The summed E-state index contributed by atoms with van der Waals surface area (Å²) in [5.41, 5.74) is 0.367. The number of hydrogen-bond donors (Lipinski definition) is 2. The number of pyridine rings is 1. The van der Waals surface area contributed by atoms with Gasteiger partial charge < -0.3 is 10.4 Å². The highest BCUT2D eigenvalue weighted by Crippen LogP contribution is 2.11. The highest BCUT2D eigenvalue weighted by Gasteiger charge is 2.03. The summed E-state index contributed by atoms with van der Waals surface area (Å²) in [5, 5.41) is 11.5. The first kappa shape index (κ1) is 8.93. The number of rotatable bonds is 3. The summed E-state index contributed by atoms with van der Waals surface area (Å²) in [5.74, 6) is -0.405. The van der Waals surface area contributed by atoms with Crippen LogP contribution in [0.4, 0.5) is 10.1 Å². The summed E-state index contributed by atoms with van der Waals surface area (Å²) in [7, 11) is 0. The molecule has 1 aromatic rings. The van der Waals surface area contributed by atoms with Crippen LogP contribution in [0.2, 0.25) is 0 Å². The second kappa shape index (κ2) is 4.01. The Kier molecular flexibility index (Phi) is 2.99. The Morgan fingerprint density at radius 3 is 3.08 bits per heavy atom. The van der Waals surface area contributed by atoms with E-state index in [-0.39, 0.29) is 12.6 Å². The van der Waals surface area contributed by atoms with Crippen LogP contribution in [0.5, 0.6) is 0 Å². The lowest BCUT2D eigenvalue weighted by atomic mass is 10.3. The van der Waals surface area contributed by atoms with E-state index >= 15 is 0 Å². The first-order chi connectivity index (χ1) is 5.74. The Bertz CT molecular complexity index is 255. The van der Waals surface area contributed by atoms with Gasteiger partial charge in [0, 0.05) is 12.2 Å². The molecule has 66 valence electrons. The van der Waals surface area contributed by atoms with Gasteiger partial charge in [-0.3, -0.25) is 4.98 Å². The molecular formula is C8H11FN2O. The van der Waals surface area contributed by atoms with Crippen LogP contribution in [0.3, 0.4) is 0 Å². The molecule has 0 spiro atoms. The Morgan fingerprint density at radius 1 is 1.75 bits per heavy atom. The van der Waals surface area contributed by atoms with Crippen LogP contribution < -0.4 is 5.32 Å². The third kappa shape index (κ3) is 2.17. The van der Waals surface area contributed by atoms with Crippen molar-refractivity contribution in [1.82, 2.24) is 4.98 Å². The standard InChI is InChI=1S/C8H11FN2O/c1-6(5-12)11-8-2-3-10-4-7(8)9/h2-4,6,12H,5H2,1H3,(H,10,11). The van der Waals surface area contributed by atoms with Crippen LogP contribution >= 0.6 is 0 Å². The predicted octanol–water partition coefficient (Wildman–Crippen LogP) is 1.01. The third-order valence-electron chi connectivity index (χ3n) is 1.45. The van der Waals surface area contributed by atoms with Gasteiger partial charge in [-0.1, -0.05) is 0 Å². The van der Waals surface area contributed by atoms with Crippen molar-refractivity contribution in [2.75, 3.05) is 11.9 Å². The second-order valence-corrected chi connectivity index (χ2v) is 2.58. The first-order valence-corrected chi connectivity index (χ1v) is 3.71. The molecule has 1 rings (SSSR count). The highest BCUT2D eigenvalue weighted by molar-refractivity contribution is 5.43. The maximum Gasteiger partial charge on any atom is 0.164 e. The maximum atomic E-state index is 12.9. The molecule has 0 amide bonds. The number of anilines is 1. The fourth-order valence-corrected chi connectivity index (χ4v) is 0.803. The van der Waals surface area contributed by atoms with Crippen molar-refractivity contribution in [3.63, 3.8) is 0 Å². The maximum absolute atomic E-state index is 12.9. The number of halogens is 1.